The number of carbonyl (C=O) groups excluding carboxylic acids is 1. The fourth-order valence-electron chi connectivity index (χ4n) is 3.92. The fraction of sp³-hybridized carbons (Fsp3) is 0.600. The van der Waals surface area contributed by atoms with Crippen molar-refractivity contribution in [2.24, 2.45) is 4.99 Å². The fourth-order valence-corrected chi connectivity index (χ4v) is 3.92. The summed E-state index contributed by atoms with van der Waals surface area (Å²) in [5.41, 5.74) is 1.10. The number of nitrogens with one attached hydrogen (secondary N) is 3. The van der Waals surface area contributed by atoms with Gasteiger partial charge in [0.1, 0.15) is 0 Å². The lowest BCUT2D eigenvalue weighted by Gasteiger charge is -2.24. The summed E-state index contributed by atoms with van der Waals surface area (Å²) in [5, 5.41) is 9.51. The molecule has 0 aromatic heterocycles. The summed E-state index contributed by atoms with van der Waals surface area (Å²) in [6.45, 7) is 3.01. The summed E-state index contributed by atoms with van der Waals surface area (Å²) in [4.78, 5) is 18.9. The Bertz CT molecular complexity index is 597. The van der Waals surface area contributed by atoms with Gasteiger partial charge in [0, 0.05) is 38.8 Å². The van der Waals surface area contributed by atoms with E-state index in [0.717, 1.165) is 31.1 Å². The molecule has 3 N–H and O–H groups in total. The van der Waals surface area contributed by atoms with Crippen molar-refractivity contribution in [1.82, 2.24) is 20.9 Å². The molecule has 1 amide bonds. The van der Waals surface area contributed by atoms with E-state index in [0.29, 0.717) is 18.5 Å². The molecule has 142 valence electrons. The van der Waals surface area contributed by atoms with Crippen LogP contribution in [0, 0.1) is 0 Å². The molecule has 0 spiro atoms. The minimum Gasteiger partial charge on any atom is -0.352 e. The molecule has 3 rings (SSSR count). The second-order valence-electron chi connectivity index (χ2n) is 7.25. The van der Waals surface area contributed by atoms with E-state index in [9.17, 15) is 4.79 Å². The Kier molecular flexibility index (Phi) is 6.89. The van der Waals surface area contributed by atoms with E-state index in [1.165, 1.54) is 25.7 Å². The van der Waals surface area contributed by atoms with Crippen molar-refractivity contribution in [1.29, 1.82) is 0 Å². The van der Waals surface area contributed by atoms with Gasteiger partial charge in [0.05, 0.1) is 6.54 Å². The average molecular weight is 358 g/mol. The topological polar surface area (TPSA) is 68.8 Å². The third-order valence-corrected chi connectivity index (χ3v) is 5.37. The van der Waals surface area contributed by atoms with Crippen LogP contribution in [0.2, 0.25) is 0 Å². The van der Waals surface area contributed by atoms with Gasteiger partial charge in [0.25, 0.3) is 0 Å². The zero-order chi connectivity index (χ0) is 18.2. The molecule has 0 radical (unpaired) electrons. The monoisotopic (exact) mass is 357 g/mol. The average Bonchev–Trinajstić information content (AvgIpc) is 3.35. The first-order valence-corrected chi connectivity index (χ1v) is 9.76. The smallest absolute Gasteiger partial charge is 0.239 e. The maximum absolute atomic E-state index is 12.0. The van der Waals surface area contributed by atoms with Crippen LogP contribution in [0.5, 0.6) is 0 Å². The van der Waals surface area contributed by atoms with Crippen LogP contribution in [0.4, 0.5) is 0 Å². The van der Waals surface area contributed by atoms with Crippen LogP contribution < -0.4 is 16.0 Å². The number of guanidine groups is 1. The van der Waals surface area contributed by atoms with Crippen molar-refractivity contribution >= 4 is 11.9 Å². The highest BCUT2D eigenvalue weighted by atomic mass is 16.1. The van der Waals surface area contributed by atoms with E-state index in [-0.39, 0.29) is 12.5 Å². The van der Waals surface area contributed by atoms with E-state index >= 15 is 0 Å². The molecule has 1 aliphatic carbocycles. The molecule has 0 bridgehead atoms. The number of aliphatic imine (C=N–C) groups is 1. The Morgan fingerprint density at radius 1 is 1.15 bits per heavy atom. The van der Waals surface area contributed by atoms with Gasteiger partial charge in [0.2, 0.25) is 5.91 Å². The third-order valence-electron chi connectivity index (χ3n) is 5.37. The normalized spacial score (nSPS) is 21.7. The number of rotatable bonds is 6. The van der Waals surface area contributed by atoms with Gasteiger partial charge in [-0.3, -0.25) is 14.7 Å². The van der Waals surface area contributed by atoms with Crippen LogP contribution in [0.1, 0.15) is 37.7 Å². The lowest BCUT2D eigenvalue weighted by molar-refractivity contribution is -0.120. The summed E-state index contributed by atoms with van der Waals surface area (Å²) in [7, 11) is 1.75. The van der Waals surface area contributed by atoms with Gasteiger partial charge in [-0.05, 0) is 24.8 Å². The number of nitrogens with zero attached hydrogens (tertiary/aromatic N) is 2. The molecule has 1 heterocycles. The first-order valence-electron chi connectivity index (χ1n) is 9.76. The van der Waals surface area contributed by atoms with Crippen LogP contribution in [-0.4, -0.2) is 55.5 Å². The van der Waals surface area contributed by atoms with E-state index < -0.39 is 0 Å². The van der Waals surface area contributed by atoms with E-state index in [1.807, 2.05) is 30.3 Å². The molecule has 6 nitrogen and oxygen atoms in total. The van der Waals surface area contributed by atoms with Gasteiger partial charge in [-0.2, -0.15) is 0 Å². The number of hydrogen-bond donors (Lipinski definition) is 3. The minimum absolute atomic E-state index is 0.0317. The molecular weight excluding hydrogens is 326 g/mol. The molecule has 1 saturated carbocycles. The van der Waals surface area contributed by atoms with Crippen molar-refractivity contribution in [3.63, 3.8) is 0 Å². The molecular formula is C20H31N5O. The standard InChI is InChI=1S/C20H31N5O/c1-21-20(23-14-19(26)22-13-16-7-3-2-4-8-16)24-17-11-12-25(15-17)18-9-5-6-10-18/h2-4,7-8,17-18H,5-6,9-15H2,1H3,(H,22,26)(H2,21,23,24). The summed E-state index contributed by atoms with van der Waals surface area (Å²) in [6, 6.07) is 11.1. The van der Waals surface area contributed by atoms with Crippen LogP contribution in [0.3, 0.4) is 0 Å². The highest BCUT2D eigenvalue weighted by Crippen LogP contribution is 2.26. The Hall–Kier alpha value is -2.08. The number of amides is 1. The van der Waals surface area contributed by atoms with Gasteiger partial charge in [-0.25, -0.2) is 0 Å². The van der Waals surface area contributed by atoms with Crippen LogP contribution in [-0.2, 0) is 11.3 Å². The molecule has 1 aromatic rings. The first-order chi connectivity index (χ1) is 12.7. The van der Waals surface area contributed by atoms with Crippen LogP contribution in [0.15, 0.2) is 35.3 Å². The molecule has 2 fully saturated rings. The number of carbonyl (C=O) groups is 1. The zero-order valence-electron chi connectivity index (χ0n) is 15.7. The van der Waals surface area contributed by atoms with Crippen molar-refractivity contribution in [3.05, 3.63) is 35.9 Å². The molecule has 1 aliphatic heterocycles. The second-order valence-corrected chi connectivity index (χ2v) is 7.25. The van der Waals surface area contributed by atoms with Gasteiger partial charge in [-0.15, -0.1) is 0 Å². The van der Waals surface area contributed by atoms with E-state index in [4.69, 9.17) is 0 Å². The number of hydrogen-bond acceptors (Lipinski definition) is 3. The Morgan fingerprint density at radius 3 is 2.65 bits per heavy atom. The largest absolute Gasteiger partial charge is 0.352 e. The van der Waals surface area contributed by atoms with Gasteiger partial charge >= 0.3 is 0 Å². The van der Waals surface area contributed by atoms with Gasteiger partial charge < -0.3 is 16.0 Å². The Labute approximate surface area is 156 Å². The number of benzene rings is 1. The lowest BCUT2D eigenvalue weighted by atomic mass is 10.2. The summed E-state index contributed by atoms with van der Waals surface area (Å²) < 4.78 is 0. The third kappa shape index (κ3) is 5.46. The molecule has 26 heavy (non-hydrogen) atoms. The highest BCUT2D eigenvalue weighted by Gasteiger charge is 2.30. The van der Waals surface area contributed by atoms with Crippen LogP contribution in [0.25, 0.3) is 0 Å². The summed E-state index contributed by atoms with van der Waals surface area (Å²) in [6.07, 6.45) is 6.58. The first kappa shape index (κ1) is 18.7. The summed E-state index contributed by atoms with van der Waals surface area (Å²) in [5.74, 6) is 0.675. The van der Waals surface area contributed by atoms with Crippen LogP contribution >= 0.6 is 0 Å². The SMILES string of the molecule is CN=C(NCC(=O)NCc1ccccc1)NC1CCN(C2CCCC2)C1. The van der Waals surface area contributed by atoms with Gasteiger partial charge in [-0.1, -0.05) is 43.2 Å². The molecule has 2 aliphatic rings. The van der Waals surface area contributed by atoms with Crippen molar-refractivity contribution in [2.45, 2.75) is 50.7 Å². The van der Waals surface area contributed by atoms with Crippen molar-refractivity contribution < 1.29 is 4.79 Å². The zero-order valence-corrected chi connectivity index (χ0v) is 15.7. The van der Waals surface area contributed by atoms with E-state index in [1.54, 1.807) is 7.05 Å². The lowest BCUT2D eigenvalue weighted by Crippen LogP contribution is -2.47. The van der Waals surface area contributed by atoms with Gasteiger partial charge in [0.15, 0.2) is 5.96 Å². The van der Waals surface area contributed by atoms with Crippen molar-refractivity contribution in [2.75, 3.05) is 26.7 Å². The Morgan fingerprint density at radius 2 is 1.92 bits per heavy atom. The molecule has 1 unspecified atom stereocenters. The van der Waals surface area contributed by atoms with E-state index in [2.05, 4.69) is 25.8 Å². The highest BCUT2D eigenvalue weighted by molar-refractivity contribution is 5.86. The Balaban J connectivity index is 1.36. The predicted octanol–water partition coefficient (Wildman–Crippen LogP) is 1.48. The maximum Gasteiger partial charge on any atom is 0.239 e. The number of likely N-dealkylation sites (tertiary alicyclic amines) is 1. The molecule has 1 saturated heterocycles. The quantitative estimate of drug-likeness (QED) is 0.533. The molecule has 6 heteroatoms. The predicted molar refractivity (Wildman–Crippen MR) is 105 cm³/mol. The second kappa shape index (κ2) is 9.57. The summed E-state index contributed by atoms with van der Waals surface area (Å²) >= 11 is 0. The molecule has 1 atom stereocenters. The van der Waals surface area contributed by atoms with Crippen molar-refractivity contribution in [3.8, 4) is 0 Å². The minimum atomic E-state index is -0.0317. The molecule has 1 aromatic carbocycles. The maximum atomic E-state index is 12.0.